The Morgan fingerprint density at radius 1 is 1.25 bits per heavy atom. The molecule has 0 aliphatic rings. The minimum atomic E-state index is 0.566. The van der Waals surface area contributed by atoms with E-state index in [1.54, 1.807) is 0 Å². The molecular weight excluding hydrogens is 318 g/mol. The molecule has 1 rings (SSSR count). The summed E-state index contributed by atoms with van der Waals surface area (Å²) < 4.78 is 12.4. The fourth-order valence-corrected chi connectivity index (χ4v) is 2.16. The van der Waals surface area contributed by atoms with Gasteiger partial charge in [0, 0.05) is 23.2 Å². The van der Waals surface area contributed by atoms with Crippen LogP contribution < -0.4 is 10.1 Å². The van der Waals surface area contributed by atoms with E-state index < -0.39 is 0 Å². The minimum Gasteiger partial charge on any atom is -0.491 e. The van der Waals surface area contributed by atoms with E-state index in [1.807, 2.05) is 12.1 Å². The smallest absolute Gasteiger partial charge is 0.123 e. The van der Waals surface area contributed by atoms with Crippen molar-refractivity contribution in [3.8, 4) is 5.75 Å². The van der Waals surface area contributed by atoms with Gasteiger partial charge in [-0.05, 0) is 37.1 Å². The quantitative estimate of drug-likeness (QED) is 0.651. The summed E-state index contributed by atoms with van der Waals surface area (Å²) in [5.74, 6) is 1.50. The van der Waals surface area contributed by atoms with Crippen molar-refractivity contribution in [2.45, 2.75) is 33.7 Å². The maximum atomic E-state index is 5.82. The number of hydrogen-bond acceptors (Lipinski definition) is 3. The van der Waals surface area contributed by atoms with Crippen LogP contribution in [0, 0.1) is 5.92 Å². The second-order valence-corrected chi connectivity index (χ2v) is 6.16. The molecule has 0 heterocycles. The topological polar surface area (TPSA) is 30.5 Å². The predicted octanol–water partition coefficient (Wildman–Crippen LogP) is 4.00. The lowest BCUT2D eigenvalue weighted by molar-refractivity contribution is 0.0816. The van der Waals surface area contributed by atoms with E-state index in [0.717, 1.165) is 36.3 Å². The second kappa shape index (κ2) is 10.2. The number of hydrogen-bond donors (Lipinski definition) is 1. The third-order valence-electron chi connectivity index (χ3n) is 2.70. The van der Waals surface area contributed by atoms with Crippen LogP contribution in [0.2, 0.25) is 0 Å². The molecule has 1 N–H and O–H groups in total. The fraction of sp³-hybridized carbons (Fsp3) is 0.625. The Kier molecular flexibility index (Phi) is 8.90. The van der Waals surface area contributed by atoms with E-state index in [9.17, 15) is 0 Å². The Bertz CT molecular complexity index is 383. The monoisotopic (exact) mass is 343 g/mol. The maximum absolute atomic E-state index is 5.82. The van der Waals surface area contributed by atoms with Gasteiger partial charge in [0.1, 0.15) is 12.4 Å². The molecule has 0 saturated carbocycles. The lowest BCUT2D eigenvalue weighted by atomic mass is 10.2. The van der Waals surface area contributed by atoms with Crippen LogP contribution in [0.15, 0.2) is 22.7 Å². The first-order valence-electron chi connectivity index (χ1n) is 7.33. The summed E-state index contributed by atoms with van der Waals surface area (Å²) in [6.07, 6.45) is 1.13. The molecule has 0 fully saturated rings. The second-order valence-electron chi connectivity index (χ2n) is 5.25. The van der Waals surface area contributed by atoms with E-state index in [-0.39, 0.29) is 0 Å². The zero-order valence-corrected chi connectivity index (χ0v) is 14.3. The van der Waals surface area contributed by atoms with Crippen LogP contribution in [0.3, 0.4) is 0 Å². The Morgan fingerprint density at radius 2 is 2.05 bits per heavy atom. The first-order chi connectivity index (χ1) is 9.63. The molecule has 20 heavy (non-hydrogen) atoms. The van der Waals surface area contributed by atoms with Crippen molar-refractivity contribution in [1.82, 2.24) is 5.32 Å². The van der Waals surface area contributed by atoms with Crippen molar-refractivity contribution < 1.29 is 9.47 Å². The van der Waals surface area contributed by atoms with Crippen molar-refractivity contribution in [2.75, 3.05) is 26.4 Å². The van der Waals surface area contributed by atoms with Crippen LogP contribution in [-0.4, -0.2) is 26.4 Å². The highest BCUT2D eigenvalue weighted by atomic mass is 79.9. The fourth-order valence-electron chi connectivity index (χ4n) is 1.76. The molecule has 0 aromatic heterocycles. The predicted molar refractivity (Wildman–Crippen MR) is 87.3 cm³/mol. The summed E-state index contributed by atoms with van der Waals surface area (Å²) in [4.78, 5) is 0. The van der Waals surface area contributed by atoms with Gasteiger partial charge in [-0.25, -0.2) is 0 Å². The Balaban J connectivity index is 2.42. The average Bonchev–Trinajstić information content (AvgIpc) is 2.40. The first kappa shape index (κ1) is 17.5. The third kappa shape index (κ3) is 7.27. The molecule has 4 heteroatoms. The zero-order valence-electron chi connectivity index (χ0n) is 12.7. The number of ether oxygens (including phenoxy) is 2. The molecule has 1 aromatic carbocycles. The molecule has 0 spiro atoms. The Morgan fingerprint density at radius 3 is 2.75 bits per heavy atom. The molecular formula is C16H26BrNO2. The molecule has 0 unspecified atom stereocenters. The molecule has 0 radical (unpaired) electrons. The van der Waals surface area contributed by atoms with Crippen LogP contribution in [-0.2, 0) is 11.3 Å². The number of rotatable bonds is 10. The van der Waals surface area contributed by atoms with Gasteiger partial charge in [-0.3, -0.25) is 0 Å². The number of nitrogens with one attached hydrogen (secondary N) is 1. The molecule has 0 amide bonds. The largest absolute Gasteiger partial charge is 0.491 e. The van der Waals surface area contributed by atoms with E-state index in [1.165, 1.54) is 5.56 Å². The highest BCUT2D eigenvalue weighted by molar-refractivity contribution is 9.10. The number of benzene rings is 1. The average molecular weight is 344 g/mol. The molecule has 1 aromatic rings. The van der Waals surface area contributed by atoms with E-state index >= 15 is 0 Å². The van der Waals surface area contributed by atoms with Gasteiger partial charge in [0.15, 0.2) is 0 Å². The summed E-state index contributed by atoms with van der Waals surface area (Å²) in [5.41, 5.74) is 1.18. The summed E-state index contributed by atoms with van der Waals surface area (Å²) in [5, 5.41) is 3.40. The summed E-state index contributed by atoms with van der Waals surface area (Å²) in [7, 11) is 0. The summed E-state index contributed by atoms with van der Waals surface area (Å²) in [6.45, 7) is 10.3. The van der Waals surface area contributed by atoms with Crippen molar-refractivity contribution in [3.05, 3.63) is 28.2 Å². The molecule has 0 bridgehead atoms. The first-order valence-corrected chi connectivity index (χ1v) is 8.12. The van der Waals surface area contributed by atoms with Gasteiger partial charge in [-0.2, -0.15) is 0 Å². The lowest BCUT2D eigenvalue weighted by Crippen LogP contribution is -2.16. The van der Waals surface area contributed by atoms with Crippen LogP contribution in [0.25, 0.3) is 0 Å². The summed E-state index contributed by atoms with van der Waals surface area (Å²) >= 11 is 3.51. The number of halogens is 1. The highest BCUT2D eigenvalue weighted by Gasteiger charge is 2.04. The molecule has 0 saturated heterocycles. The lowest BCUT2D eigenvalue weighted by Gasteiger charge is -2.13. The zero-order chi connectivity index (χ0) is 14.8. The van der Waals surface area contributed by atoms with Gasteiger partial charge in [-0.15, -0.1) is 0 Å². The van der Waals surface area contributed by atoms with Crippen LogP contribution >= 0.6 is 15.9 Å². The Hall–Kier alpha value is -0.580. The van der Waals surface area contributed by atoms with Crippen molar-refractivity contribution in [1.29, 1.82) is 0 Å². The van der Waals surface area contributed by atoms with Crippen LogP contribution in [0.4, 0.5) is 0 Å². The standard InChI is InChI=1S/C16H26BrNO2/c1-4-7-18-11-14-10-15(17)5-6-16(14)20-9-8-19-12-13(2)3/h5-6,10,13,18H,4,7-9,11-12H2,1-3H3. The molecule has 0 aliphatic heterocycles. The molecule has 3 nitrogen and oxygen atoms in total. The van der Waals surface area contributed by atoms with Crippen LogP contribution in [0.5, 0.6) is 5.75 Å². The normalized spacial score (nSPS) is 11.1. The van der Waals surface area contributed by atoms with Gasteiger partial charge < -0.3 is 14.8 Å². The van der Waals surface area contributed by atoms with Gasteiger partial charge in [-0.1, -0.05) is 36.7 Å². The van der Waals surface area contributed by atoms with Gasteiger partial charge in [0.2, 0.25) is 0 Å². The van der Waals surface area contributed by atoms with Crippen molar-refractivity contribution in [2.24, 2.45) is 5.92 Å². The van der Waals surface area contributed by atoms with Crippen LogP contribution in [0.1, 0.15) is 32.8 Å². The van der Waals surface area contributed by atoms with E-state index in [4.69, 9.17) is 9.47 Å². The molecule has 0 atom stereocenters. The molecule has 0 aliphatic carbocycles. The SMILES string of the molecule is CCCNCc1cc(Br)ccc1OCCOCC(C)C. The Labute approximate surface area is 131 Å². The van der Waals surface area contributed by atoms with Gasteiger partial charge in [0.25, 0.3) is 0 Å². The van der Waals surface area contributed by atoms with Gasteiger partial charge in [0.05, 0.1) is 6.61 Å². The minimum absolute atomic E-state index is 0.566. The third-order valence-corrected chi connectivity index (χ3v) is 3.19. The summed E-state index contributed by atoms with van der Waals surface area (Å²) in [6, 6.07) is 6.12. The van der Waals surface area contributed by atoms with E-state index in [2.05, 4.69) is 48.1 Å². The maximum Gasteiger partial charge on any atom is 0.123 e. The highest BCUT2D eigenvalue weighted by Crippen LogP contribution is 2.23. The van der Waals surface area contributed by atoms with E-state index in [0.29, 0.717) is 19.1 Å². The van der Waals surface area contributed by atoms with Crippen molar-refractivity contribution >= 4 is 15.9 Å². The van der Waals surface area contributed by atoms with Gasteiger partial charge >= 0.3 is 0 Å². The van der Waals surface area contributed by atoms with Crippen molar-refractivity contribution in [3.63, 3.8) is 0 Å². The molecule has 114 valence electrons.